The molecular weight excluding hydrogens is 466 g/mol. The predicted octanol–water partition coefficient (Wildman–Crippen LogP) is 7.17. The lowest BCUT2D eigenvalue weighted by Gasteiger charge is -2.64. The lowest BCUT2D eigenvalue weighted by atomic mass is 9.42. The Kier molecular flexibility index (Phi) is 8.08. The second kappa shape index (κ2) is 10.5. The van der Waals surface area contributed by atoms with E-state index in [-0.39, 0.29) is 23.5 Å². The zero-order valence-corrected chi connectivity index (χ0v) is 24.3. The van der Waals surface area contributed by atoms with Crippen molar-refractivity contribution in [3.8, 4) is 0 Å². The second-order valence-electron chi connectivity index (χ2n) is 14.0. The first-order valence-corrected chi connectivity index (χ1v) is 15.0. The highest BCUT2D eigenvalue weighted by atomic mass is 16.6. The highest BCUT2D eigenvalue weighted by Crippen LogP contribution is 2.69. The highest BCUT2D eigenvalue weighted by Gasteiger charge is 2.69. The van der Waals surface area contributed by atoms with Gasteiger partial charge in [-0.2, -0.15) is 0 Å². The largest absolute Gasteiger partial charge is 0.462 e. The van der Waals surface area contributed by atoms with Crippen LogP contribution in [0.15, 0.2) is 5.16 Å². The van der Waals surface area contributed by atoms with Crippen LogP contribution in [0.2, 0.25) is 0 Å². The molecule has 0 radical (unpaired) electrons. The standard InChI is InChI=1S/C31H51NO5/c1-19(2)9-8-10-20(3)25-11-12-26-24-17-28(32-35)31(37-22(5)34)18-23(36-21(4)33)13-16-30(31,7)27(24)14-15-29(25,26)6/h19-20,23-27,35H,8-18H2,1-7H3/b32-28+/t20-,23-,24+,25+,26-,27+,29+,30+,31-/m0/s1. The first-order valence-electron chi connectivity index (χ1n) is 15.0. The third-order valence-electron chi connectivity index (χ3n) is 11.5. The average Bonchev–Trinajstić information content (AvgIpc) is 3.15. The summed E-state index contributed by atoms with van der Waals surface area (Å²) in [6, 6.07) is 0. The molecule has 0 bridgehead atoms. The monoisotopic (exact) mass is 517 g/mol. The summed E-state index contributed by atoms with van der Waals surface area (Å²) in [6.45, 7) is 14.8. The lowest BCUT2D eigenvalue weighted by molar-refractivity contribution is -0.204. The smallest absolute Gasteiger partial charge is 0.303 e. The van der Waals surface area contributed by atoms with Gasteiger partial charge in [0.05, 0.1) is 0 Å². The Morgan fingerprint density at radius 1 is 1.00 bits per heavy atom. The molecule has 4 fully saturated rings. The van der Waals surface area contributed by atoms with Gasteiger partial charge >= 0.3 is 11.9 Å². The Hall–Kier alpha value is -1.59. The molecule has 0 spiro atoms. The molecule has 0 unspecified atom stereocenters. The van der Waals surface area contributed by atoms with E-state index in [1.54, 1.807) is 0 Å². The van der Waals surface area contributed by atoms with E-state index in [0.29, 0.717) is 41.7 Å². The molecule has 0 aromatic rings. The average molecular weight is 518 g/mol. The van der Waals surface area contributed by atoms with Crippen LogP contribution in [0.1, 0.15) is 119 Å². The molecule has 4 aliphatic rings. The van der Waals surface area contributed by atoms with Gasteiger partial charge in [0, 0.05) is 25.7 Å². The maximum atomic E-state index is 12.5. The SMILES string of the molecule is CC(=O)O[C@H]1CC[C@]2(C)[C@@H]3CC[C@]4(C)[C@@H]([C@@H](C)CCCC(C)C)CC[C@H]4[C@H]3C/C(=N\O)[C@@]2(OC(C)=O)C1. The van der Waals surface area contributed by atoms with Crippen LogP contribution in [-0.4, -0.2) is 34.6 Å². The Morgan fingerprint density at radius 2 is 1.73 bits per heavy atom. The van der Waals surface area contributed by atoms with Crippen LogP contribution in [0.3, 0.4) is 0 Å². The summed E-state index contributed by atoms with van der Waals surface area (Å²) in [6.07, 6.45) is 11.0. The lowest BCUT2D eigenvalue weighted by Crippen LogP contribution is -2.68. The van der Waals surface area contributed by atoms with Crippen molar-refractivity contribution < 1.29 is 24.3 Å². The van der Waals surface area contributed by atoms with Gasteiger partial charge in [-0.3, -0.25) is 9.59 Å². The Morgan fingerprint density at radius 3 is 2.35 bits per heavy atom. The molecule has 9 atom stereocenters. The third-order valence-corrected chi connectivity index (χ3v) is 11.5. The minimum atomic E-state index is -1.02. The fraction of sp³-hybridized carbons (Fsp3) is 0.903. The van der Waals surface area contributed by atoms with Gasteiger partial charge in [0.2, 0.25) is 0 Å². The van der Waals surface area contributed by atoms with Crippen molar-refractivity contribution in [2.75, 3.05) is 0 Å². The molecule has 37 heavy (non-hydrogen) atoms. The fourth-order valence-electron chi connectivity index (χ4n) is 9.95. The van der Waals surface area contributed by atoms with Gasteiger partial charge in [0.15, 0.2) is 5.60 Å². The number of nitrogens with zero attached hydrogens (tertiary/aromatic N) is 1. The third kappa shape index (κ3) is 4.84. The van der Waals surface area contributed by atoms with E-state index < -0.39 is 5.60 Å². The van der Waals surface area contributed by atoms with E-state index >= 15 is 0 Å². The number of oxime groups is 1. The number of fused-ring (bicyclic) bond motifs is 5. The van der Waals surface area contributed by atoms with E-state index in [1.165, 1.54) is 52.4 Å². The maximum absolute atomic E-state index is 12.5. The fourth-order valence-corrected chi connectivity index (χ4v) is 9.95. The van der Waals surface area contributed by atoms with Crippen molar-refractivity contribution in [2.45, 2.75) is 131 Å². The second-order valence-corrected chi connectivity index (χ2v) is 14.0. The number of carbonyl (C=O) groups is 2. The molecule has 0 heterocycles. The van der Waals surface area contributed by atoms with Crippen molar-refractivity contribution in [3.05, 3.63) is 0 Å². The minimum Gasteiger partial charge on any atom is -0.462 e. The topological polar surface area (TPSA) is 85.2 Å². The first kappa shape index (κ1) is 28.4. The highest BCUT2D eigenvalue weighted by molar-refractivity contribution is 5.96. The van der Waals surface area contributed by atoms with Crippen molar-refractivity contribution in [2.24, 2.45) is 51.5 Å². The number of esters is 2. The Bertz CT molecular complexity index is 900. The summed E-state index contributed by atoms with van der Waals surface area (Å²) in [5, 5.41) is 14.2. The van der Waals surface area contributed by atoms with Crippen LogP contribution in [0.5, 0.6) is 0 Å². The van der Waals surface area contributed by atoms with Gasteiger partial charge in [0.1, 0.15) is 11.8 Å². The van der Waals surface area contributed by atoms with E-state index in [1.807, 2.05) is 0 Å². The van der Waals surface area contributed by atoms with E-state index in [0.717, 1.165) is 37.0 Å². The predicted molar refractivity (Wildman–Crippen MR) is 144 cm³/mol. The molecule has 0 saturated heterocycles. The molecular formula is C31H51NO5. The van der Waals surface area contributed by atoms with Crippen LogP contribution in [0.25, 0.3) is 0 Å². The van der Waals surface area contributed by atoms with Crippen LogP contribution in [0.4, 0.5) is 0 Å². The van der Waals surface area contributed by atoms with Crippen LogP contribution in [0, 0.1) is 46.3 Å². The first-order chi connectivity index (χ1) is 17.4. The van der Waals surface area contributed by atoms with Gasteiger partial charge in [-0.05, 0) is 85.9 Å². The molecule has 6 nitrogen and oxygen atoms in total. The van der Waals surface area contributed by atoms with Crippen molar-refractivity contribution in [3.63, 3.8) is 0 Å². The molecule has 0 aromatic heterocycles. The molecule has 4 saturated carbocycles. The van der Waals surface area contributed by atoms with Crippen LogP contribution < -0.4 is 0 Å². The van der Waals surface area contributed by atoms with Crippen LogP contribution in [-0.2, 0) is 19.1 Å². The zero-order valence-electron chi connectivity index (χ0n) is 24.3. The molecule has 210 valence electrons. The number of ether oxygens (including phenoxy) is 2. The quantitative estimate of drug-likeness (QED) is 0.220. The molecule has 0 aromatic carbocycles. The Labute approximate surface area is 224 Å². The molecule has 4 rings (SSSR count). The summed E-state index contributed by atoms with van der Waals surface area (Å²) in [5.41, 5.74) is -0.474. The summed E-state index contributed by atoms with van der Waals surface area (Å²) < 4.78 is 11.8. The molecule has 1 N–H and O–H groups in total. The normalized spacial score (nSPS) is 43.0. The number of carbonyl (C=O) groups excluding carboxylic acids is 2. The van der Waals surface area contributed by atoms with Gasteiger partial charge in [0.25, 0.3) is 0 Å². The van der Waals surface area contributed by atoms with E-state index in [9.17, 15) is 14.8 Å². The number of hydrogen-bond donors (Lipinski definition) is 1. The van der Waals surface area contributed by atoms with Crippen molar-refractivity contribution >= 4 is 17.7 Å². The molecule has 4 aliphatic carbocycles. The zero-order chi connectivity index (χ0) is 27.2. The summed E-state index contributed by atoms with van der Waals surface area (Å²) in [7, 11) is 0. The minimum absolute atomic E-state index is 0.311. The van der Waals surface area contributed by atoms with Crippen molar-refractivity contribution in [1.29, 1.82) is 0 Å². The Balaban J connectivity index is 1.63. The maximum Gasteiger partial charge on any atom is 0.303 e. The van der Waals surface area contributed by atoms with Gasteiger partial charge in [-0.25, -0.2) is 0 Å². The van der Waals surface area contributed by atoms with E-state index in [2.05, 4.69) is 39.8 Å². The van der Waals surface area contributed by atoms with E-state index in [4.69, 9.17) is 9.47 Å². The molecule has 6 heteroatoms. The molecule has 0 amide bonds. The summed E-state index contributed by atoms with van der Waals surface area (Å²) in [5.74, 6) is 2.96. The summed E-state index contributed by atoms with van der Waals surface area (Å²) >= 11 is 0. The number of hydrogen-bond acceptors (Lipinski definition) is 6. The summed E-state index contributed by atoms with van der Waals surface area (Å²) in [4.78, 5) is 24.3. The number of rotatable bonds is 7. The van der Waals surface area contributed by atoms with Crippen LogP contribution >= 0.6 is 0 Å². The van der Waals surface area contributed by atoms with Gasteiger partial charge < -0.3 is 14.7 Å². The molecule has 0 aliphatic heterocycles. The van der Waals surface area contributed by atoms with Gasteiger partial charge in [-0.15, -0.1) is 0 Å². The van der Waals surface area contributed by atoms with Gasteiger partial charge in [-0.1, -0.05) is 59.0 Å². The van der Waals surface area contributed by atoms with Crippen molar-refractivity contribution in [1.82, 2.24) is 0 Å².